The number of halogens is 1. The third-order valence-corrected chi connectivity index (χ3v) is 8.97. The standard InChI is InChI=1S/C36H40ClN7O7S/c1-22-29-32(44(43-22)52(47,48)25-16-12-9-13-17-25)38-20-27(40-29)26-19-28(31(41-30(26)37)42-34(46)51-36(5,6)7)49-21-24(18-23-14-10-8-11-15-23)39-33(45)50-35(2,3)4/h8-17,19-20,24H,18,21H2,1-7H3,(H,39,45)(H,41,42,46)/t24-/m0/s1. The second-order valence-electron chi connectivity index (χ2n) is 13.8. The molecule has 0 spiro atoms. The third kappa shape index (κ3) is 9.53. The van der Waals surface area contributed by atoms with E-state index in [2.05, 4.69) is 30.7 Å². The lowest BCUT2D eigenvalue weighted by atomic mass is 10.1. The van der Waals surface area contributed by atoms with Crippen molar-refractivity contribution in [3.05, 3.63) is 89.3 Å². The lowest BCUT2D eigenvalue weighted by molar-refractivity contribution is 0.0487. The maximum Gasteiger partial charge on any atom is 0.413 e. The molecule has 14 nitrogen and oxygen atoms in total. The lowest BCUT2D eigenvalue weighted by Crippen LogP contribution is -2.43. The quantitative estimate of drug-likeness (QED) is 0.141. The second kappa shape index (κ2) is 15.1. The molecule has 16 heteroatoms. The normalized spacial score (nSPS) is 12.6. The Balaban J connectivity index is 1.52. The Morgan fingerprint density at radius 1 is 0.904 bits per heavy atom. The van der Waals surface area contributed by atoms with E-state index < -0.39 is 39.5 Å². The number of benzene rings is 2. The number of rotatable bonds is 10. The summed E-state index contributed by atoms with van der Waals surface area (Å²) in [7, 11) is -4.07. The summed E-state index contributed by atoms with van der Waals surface area (Å²) in [5.41, 5.74) is 0.428. The minimum atomic E-state index is -4.07. The summed E-state index contributed by atoms with van der Waals surface area (Å²) in [6.45, 7) is 12.0. The summed E-state index contributed by atoms with van der Waals surface area (Å²) in [6, 6.07) is 18.3. The van der Waals surface area contributed by atoms with Crippen LogP contribution in [-0.4, -0.2) is 68.6 Å². The van der Waals surface area contributed by atoms with Crippen LogP contribution in [0.2, 0.25) is 5.15 Å². The first-order valence-electron chi connectivity index (χ1n) is 16.3. The Morgan fingerprint density at radius 2 is 1.52 bits per heavy atom. The average Bonchev–Trinajstić information content (AvgIpc) is 3.39. The molecular formula is C36H40ClN7O7S. The monoisotopic (exact) mass is 749 g/mol. The van der Waals surface area contributed by atoms with Crippen LogP contribution in [0.5, 0.6) is 5.75 Å². The predicted molar refractivity (Wildman–Crippen MR) is 196 cm³/mol. The van der Waals surface area contributed by atoms with Crippen LogP contribution in [-0.2, 0) is 25.9 Å². The number of amides is 2. The lowest BCUT2D eigenvalue weighted by Gasteiger charge is -2.24. The second-order valence-corrected chi connectivity index (χ2v) is 15.9. The first kappa shape index (κ1) is 38.0. The molecule has 1 atom stereocenters. The van der Waals surface area contributed by atoms with Crippen LogP contribution in [0.1, 0.15) is 52.8 Å². The number of carbonyl (C=O) groups excluding carboxylic acids is 2. The van der Waals surface area contributed by atoms with Crippen LogP contribution >= 0.6 is 11.6 Å². The number of hydrogen-bond acceptors (Lipinski definition) is 11. The molecule has 3 heterocycles. The van der Waals surface area contributed by atoms with E-state index in [-0.39, 0.29) is 50.6 Å². The van der Waals surface area contributed by atoms with Gasteiger partial charge >= 0.3 is 12.2 Å². The third-order valence-electron chi connectivity index (χ3n) is 7.11. The summed E-state index contributed by atoms with van der Waals surface area (Å²) < 4.78 is 44.9. The van der Waals surface area contributed by atoms with E-state index in [1.807, 2.05) is 30.3 Å². The van der Waals surface area contributed by atoms with Gasteiger partial charge in [-0.1, -0.05) is 60.1 Å². The molecule has 0 radical (unpaired) electrons. The largest absolute Gasteiger partial charge is 0.488 e. The van der Waals surface area contributed by atoms with Crippen molar-refractivity contribution in [2.24, 2.45) is 0 Å². The van der Waals surface area contributed by atoms with Crippen LogP contribution in [0.4, 0.5) is 15.4 Å². The van der Waals surface area contributed by atoms with Gasteiger partial charge in [0.05, 0.1) is 28.5 Å². The Morgan fingerprint density at radius 3 is 2.15 bits per heavy atom. The molecule has 2 amide bonds. The number of anilines is 1. The predicted octanol–water partition coefficient (Wildman–Crippen LogP) is 6.95. The fraction of sp³-hybridized carbons (Fsp3) is 0.333. The topological polar surface area (TPSA) is 177 Å². The zero-order chi connectivity index (χ0) is 37.8. The van der Waals surface area contributed by atoms with Gasteiger partial charge in [-0.25, -0.2) is 24.5 Å². The van der Waals surface area contributed by atoms with Crippen molar-refractivity contribution in [1.29, 1.82) is 0 Å². The smallest absolute Gasteiger partial charge is 0.413 e. The van der Waals surface area contributed by atoms with Gasteiger partial charge in [-0.2, -0.15) is 13.5 Å². The van der Waals surface area contributed by atoms with Crippen molar-refractivity contribution in [1.82, 2.24) is 29.5 Å². The first-order chi connectivity index (χ1) is 24.4. The zero-order valence-electron chi connectivity index (χ0n) is 29.8. The number of aryl methyl sites for hydroxylation is 1. The number of carbonyl (C=O) groups is 2. The number of hydrogen-bond donors (Lipinski definition) is 2. The molecule has 0 aliphatic rings. The van der Waals surface area contributed by atoms with Crippen molar-refractivity contribution in [3.63, 3.8) is 0 Å². The first-order valence-corrected chi connectivity index (χ1v) is 18.1. The minimum absolute atomic E-state index is 0.0193. The number of nitrogens with zero attached hydrogens (tertiary/aromatic N) is 5. The van der Waals surface area contributed by atoms with Gasteiger partial charge in [0.2, 0.25) is 0 Å². The van der Waals surface area contributed by atoms with E-state index in [0.717, 1.165) is 9.65 Å². The maximum absolute atomic E-state index is 13.4. The Kier molecular flexibility index (Phi) is 11.1. The maximum atomic E-state index is 13.4. The minimum Gasteiger partial charge on any atom is -0.488 e. The highest BCUT2D eigenvalue weighted by Gasteiger charge is 2.26. The van der Waals surface area contributed by atoms with Crippen molar-refractivity contribution < 1.29 is 32.2 Å². The molecule has 52 heavy (non-hydrogen) atoms. The summed E-state index contributed by atoms with van der Waals surface area (Å²) in [6.07, 6.45) is 0.300. The van der Waals surface area contributed by atoms with E-state index in [0.29, 0.717) is 12.1 Å². The Bertz CT molecular complexity index is 2180. The molecule has 5 rings (SSSR count). The van der Waals surface area contributed by atoms with Crippen molar-refractivity contribution >= 4 is 50.8 Å². The van der Waals surface area contributed by atoms with Crippen LogP contribution in [0, 0.1) is 6.92 Å². The van der Waals surface area contributed by atoms with Gasteiger partial charge in [0, 0.05) is 5.56 Å². The molecule has 0 aliphatic heterocycles. The van der Waals surface area contributed by atoms with Gasteiger partial charge < -0.3 is 19.5 Å². The Hall–Kier alpha value is -5.28. The van der Waals surface area contributed by atoms with Crippen LogP contribution in [0.15, 0.2) is 77.8 Å². The summed E-state index contributed by atoms with van der Waals surface area (Å²) in [4.78, 5) is 39.2. The van der Waals surface area contributed by atoms with E-state index in [1.54, 1.807) is 66.7 Å². The number of aromatic nitrogens is 5. The number of fused-ring (bicyclic) bond motifs is 1. The molecular weight excluding hydrogens is 710 g/mol. The molecule has 0 saturated carbocycles. The van der Waals surface area contributed by atoms with E-state index in [4.69, 9.17) is 25.8 Å². The number of nitrogens with one attached hydrogen (secondary N) is 2. The van der Waals surface area contributed by atoms with Gasteiger partial charge in [-0.15, -0.1) is 4.09 Å². The molecule has 3 aromatic heterocycles. The zero-order valence-corrected chi connectivity index (χ0v) is 31.4. The van der Waals surface area contributed by atoms with Crippen molar-refractivity contribution in [2.45, 2.75) is 77.0 Å². The number of pyridine rings is 1. The number of alkyl carbamates (subject to hydrolysis) is 1. The fourth-order valence-electron chi connectivity index (χ4n) is 4.95. The molecule has 2 aromatic carbocycles. The van der Waals surface area contributed by atoms with E-state index >= 15 is 0 Å². The number of ether oxygens (including phenoxy) is 3. The molecule has 2 N–H and O–H groups in total. The van der Waals surface area contributed by atoms with Crippen LogP contribution in [0.3, 0.4) is 0 Å². The van der Waals surface area contributed by atoms with Gasteiger partial charge in [0.1, 0.15) is 28.5 Å². The molecule has 0 unspecified atom stereocenters. The molecule has 0 fully saturated rings. The summed E-state index contributed by atoms with van der Waals surface area (Å²) in [5.74, 6) is 0.0287. The SMILES string of the molecule is Cc1nn(S(=O)(=O)c2ccccc2)c2ncc(-c3cc(OC[C@H](Cc4ccccc4)NC(=O)OC(C)(C)C)c(NC(=O)OC(C)(C)C)nc3Cl)nc12. The van der Waals surface area contributed by atoms with E-state index in [1.165, 1.54) is 24.4 Å². The average molecular weight is 750 g/mol. The highest BCUT2D eigenvalue weighted by molar-refractivity contribution is 7.90. The van der Waals surface area contributed by atoms with Crippen molar-refractivity contribution in [3.8, 4) is 17.0 Å². The van der Waals surface area contributed by atoms with Crippen LogP contribution < -0.4 is 15.4 Å². The molecule has 0 aliphatic carbocycles. The summed E-state index contributed by atoms with van der Waals surface area (Å²) >= 11 is 6.68. The highest BCUT2D eigenvalue weighted by atomic mass is 35.5. The molecule has 0 saturated heterocycles. The van der Waals surface area contributed by atoms with Crippen LogP contribution in [0.25, 0.3) is 22.4 Å². The van der Waals surface area contributed by atoms with Gasteiger partial charge in [-0.3, -0.25) is 5.32 Å². The van der Waals surface area contributed by atoms with Gasteiger partial charge in [0.25, 0.3) is 10.0 Å². The fourth-order valence-corrected chi connectivity index (χ4v) is 6.48. The highest BCUT2D eigenvalue weighted by Crippen LogP contribution is 2.35. The summed E-state index contributed by atoms with van der Waals surface area (Å²) in [5, 5.41) is 9.64. The van der Waals surface area contributed by atoms with Gasteiger partial charge in [-0.05, 0) is 78.6 Å². The molecule has 0 bridgehead atoms. The van der Waals surface area contributed by atoms with Crippen molar-refractivity contribution in [2.75, 3.05) is 11.9 Å². The van der Waals surface area contributed by atoms with Gasteiger partial charge in [0.15, 0.2) is 17.2 Å². The molecule has 274 valence electrons. The molecule has 5 aromatic rings. The van der Waals surface area contributed by atoms with E-state index in [9.17, 15) is 18.0 Å². The Labute approximate surface area is 306 Å².